The van der Waals surface area contributed by atoms with Gasteiger partial charge >= 0.3 is 0 Å². The Morgan fingerprint density at radius 1 is 1.09 bits per heavy atom. The molecule has 1 aliphatic carbocycles. The van der Waals surface area contributed by atoms with Crippen molar-refractivity contribution in [1.29, 1.82) is 0 Å². The number of rotatable bonds is 6. The lowest BCUT2D eigenvalue weighted by Crippen LogP contribution is -2.47. The van der Waals surface area contributed by atoms with Gasteiger partial charge in [0.2, 0.25) is 15.9 Å². The summed E-state index contributed by atoms with van der Waals surface area (Å²) in [5.74, 6) is -0.389. The van der Waals surface area contributed by atoms with Gasteiger partial charge in [-0.25, -0.2) is 8.42 Å². The van der Waals surface area contributed by atoms with E-state index in [0.29, 0.717) is 18.8 Å². The molecule has 33 heavy (non-hydrogen) atoms. The summed E-state index contributed by atoms with van der Waals surface area (Å²) < 4.78 is 27.7. The molecule has 0 bridgehead atoms. The summed E-state index contributed by atoms with van der Waals surface area (Å²) in [5, 5.41) is 5.62. The van der Waals surface area contributed by atoms with Crippen LogP contribution in [0, 0.1) is 0 Å². The second kappa shape index (κ2) is 9.93. The highest BCUT2D eigenvalue weighted by molar-refractivity contribution is 7.89. The van der Waals surface area contributed by atoms with Crippen LogP contribution in [0.15, 0.2) is 53.4 Å². The van der Waals surface area contributed by atoms with Gasteiger partial charge in [0.25, 0.3) is 5.91 Å². The van der Waals surface area contributed by atoms with Crippen LogP contribution in [0.3, 0.4) is 0 Å². The topological polar surface area (TPSA) is 98.8 Å². The van der Waals surface area contributed by atoms with Crippen molar-refractivity contribution in [3.05, 3.63) is 54.1 Å². The van der Waals surface area contributed by atoms with Gasteiger partial charge in [0.15, 0.2) is 0 Å². The second-order valence-corrected chi connectivity index (χ2v) is 10.6. The number of amides is 2. The minimum Gasteiger partial charge on any atom is -0.360 e. The Morgan fingerprint density at radius 3 is 2.52 bits per heavy atom. The number of nitrogens with one attached hydrogen (secondary N) is 2. The summed E-state index contributed by atoms with van der Waals surface area (Å²) in [6.07, 6.45) is 4.96. The van der Waals surface area contributed by atoms with Crippen molar-refractivity contribution in [3.8, 4) is 0 Å². The SMILES string of the molecule is CN(C1CCCCC1)S(=O)(=O)c1cccc(C(=O)Nc2ccc(N3CCNC(=O)C3)cc2)c1. The van der Waals surface area contributed by atoms with Crippen LogP contribution in [0.4, 0.5) is 11.4 Å². The van der Waals surface area contributed by atoms with Gasteiger partial charge < -0.3 is 15.5 Å². The zero-order valence-electron chi connectivity index (χ0n) is 18.8. The third-order valence-corrected chi connectivity index (χ3v) is 8.30. The number of hydrogen-bond donors (Lipinski definition) is 2. The number of benzene rings is 2. The number of anilines is 2. The van der Waals surface area contributed by atoms with E-state index in [4.69, 9.17) is 0 Å². The molecule has 2 aliphatic rings. The average Bonchev–Trinajstić information content (AvgIpc) is 2.84. The smallest absolute Gasteiger partial charge is 0.255 e. The molecule has 8 nitrogen and oxygen atoms in total. The molecular formula is C24H30N4O4S. The quantitative estimate of drug-likeness (QED) is 0.677. The van der Waals surface area contributed by atoms with E-state index in [-0.39, 0.29) is 28.3 Å². The summed E-state index contributed by atoms with van der Waals surface area (Å²) in [4.78, 5) is 26.5. The highest BCUT2D eigenvalue weighted by Gasteiger charge is 2.29. The number of nitrogens with zero attached hydrogens (tertiary/aromatic N) is 2. The molecule has 1 saturated carbocycles. The zero-order chi connectivity index (χ0) is 23.4. The van der Waals surface area contributed by atoms with Gasteiger partial charge in [0, 0.05) is 43.1 Å². The number of sulfonamides is 1. The van der Waals surface area contributed by atoms with Gasteiger partial charge in [-0.1, -0.05) is 25.3 Å². The van der Waals surface area contributed by atoms with E-state index in [1.807, 2.05) is 17.0 Å². The van der Waals surface area contributed by atoms with Crippen molar-refractivity contribution in [3.63, 3.8) is 0 Å². The Bertz CT molecular complexity index is 1110. The van der Waals surface area contributed by atoms with Crippen molar-refractivity contribution in [1.82, 2.24) is 9.62 Å². The maximum Gasteiger partial charge on any atom is 0.255 e. The fourth-order valence-electron chi connectivity index (χ4n) is 4.42. The third kappa shape index (κ3) is 5.36. The molecule has 2 fully saturated rings. The van der Waals surface area contributed by atoms with E-state index in [1.165, 1.54) is 16.4 Å². The van der Waals surface area contributed by atoms with Crippen LogP contribution < -0.4 is 15.5 Å². The van der Waals surface area contributed by atoms with E-state index in [0.717, 1.165) is 44.3 Å². The minimum absolute atomic E-state index is 0.00530. The van der Waals surface area contributed by atoms with Gasteiger partial charge in [0.1, 0.15) is 0 Å². The van der Waals surface area contributed by atoms with Crippen molar-refractivity contribution < 1.29 is 18.0 Å². The van der Waals surface area contributed by atoms with E-state index in [1.54, 1.807) is 31.3 Å². The summed E-state index contributed by atoms with van der Waals surface area (Å²) in [5.41, 5.74) is 1.78. The zero-order valence-corrected chi connectivity index (χ0v) is 19.6. The van der Waals surface area contributed by atoms with Gasteiger partial charge in [0.05, 0.1) is 11.4 Å². The molecule has 0 aromatic heterocycles. The number of carbonyl (C=O) groups excluding carboxylic acids is 2. The summed E-state index contributed by atoms with van der Waals surface area (Å²) in [7, 11) is -2.04. The molecule has 4 rings (SSSR count). The number of hydrogen-bond acceptors (Lipinski definition) is 5. The molecule has 2 amide bonds. The van der Waals surface area contributed by atoms with Crippen LogP contribution in [-0.4, -0.2) is 57.3 Å². The first-order valence-corrected chi connectivity index (χ1v) is 12.8. The molecule has 1 heterocycles. The molecule has 1 aliphatic heterocycles. The molecule has 0 spiro atoms. The Balaban J connectivity index is 1.44. The Kier molecular flexibility index (Phi) is 6.99. The first-order chi connectivity index (χ1) is 15.8. The fraction of sp³-hybridized carbons (Fsp3) is 0.417. The largest absolute Gasteiger partial charge is 0.360 e. The molecule has 2 aromatic rings. The maximum absolute atomic E-state index is 13.1. The summed E-state index contributed by atoms with van der Waals surface area (Å²) >= 11 is 0. The highest BCUT2D eigenvalue weighted by atomic mass is 32.2. The van der Waals surface area contributed by atoms with E-state index in [9.17, 15) is 18.0 Å². The third-order valence-electron chi connectivity index (χ3n) is 6.39. The van der Waals surface area contributed by atoms with Crippen LogP contribution in [0.5, 0.6) is 0 Å². The standard InChI is InChI=1S/C24H30N4O4S/c1-27(20-7-3-2-4-8-20)33(31,32)22-9-5-6-18(16-22)24(30)26-19-10-12-21(13-11-19)28-15-14-25-23(29)17-28/h5-6,9-13,16,20H,2-4,7-8,14-15,17H2,1H3,(H,25,29)(H,26,30). The van der Waals surface area contributed by atoms with Gasteiger partial charge in [-0.3, -0.25) is 9.59 Å². The van der Waals surface area contributed by atoms with Crippen molar-refractivity contribution in [2.45, 2.75) is 43.0 Å². The molecule has 176 valence electrons. The van der Waals surface area contributed by atoms with E-state index in [2.05, 4.69) is 10.6 Å². The van der Waals surface area contributed by atoms with Crippen LogP contribution >= 0.6 is 0 Å². The lowest BCUT2D eigenvalue weighted by Gasteiger charge is -2.30. The van der Waals surface area contributed by atoms with Crippen LogP contribution in [0.1, 0.15) is 42.5 Å². The molecular weight excluding hydrogens is 440 g/mol. The van der Waals surface area contributed by atoms with Gasteiger partial charge in [-0.15, -0.1) is 0 Å². The average molecular weight is 471 g/mol. The molecule has 2 aromatic carbocycles. The number of piperazine rings is 1. The first-order valence-electron chi connectivity index (χ1n) is 11.4. The molecule has 0 atom stereocenters. The van der Waals surface area contributed by atoms with Gasteiger partial charge in [-0.05, 0) is 55.3 Å². The first kappa shape index (κ1) is 23.3. The van der Waals surface area contributed by atoms with Crippen LogP contribution in [-0.2, 0) is 14.8 Å². The molecule has 1 saturated heterocycles. The molecule has 0 unspecified atom stereocenters. The predicted octanol–water partition coefficient (Wildman–Crippen LogP) is 2.83. The Labute approximate surface area is 195 Å². The fourth-order valence-corrected chi connectivity index (χ4v) is 5.89. The maximum atomic E-state index is 13.1. The monoisotopic (exact) mass is 470 g/mol. The molecule has 0 radical (unpaired) electrons. The van der Waals surface area contributed by atoms with Crippen molar-refractivity contribution in [2.75, 3.05) is 36.9 Å². The van der Waals surface area contributed by atoms with Crippen LogP contribution in [0.2, 0.25) is 0 Å². The van der Waals surface area contributed by atoms with E-state index < -0.39 is 10.0 Å². The Morgan fingerprint density at radius 2 is 1.82 bits per heavy atom. The Hall–Kier alpha value is -2.91. The molecule has 9 heteroatoms. The number of carbonyl (C=O) groups is 2. The van der Waals surface area contributed by atoms with E-state index >= 15 is 0 Å². The summed E-state index contributed by atoms with van der Waals surface area (Å²) in [6, 6.07) is 13.4. The summed E-state index contributed by atoms with van der Waals surface area (Å²) in [6.45, 7) is 1.64. The highest BCUT2D eigenvalue weighted by Crippen LogP contribution is 2.27. The molecule has 2 N–H and O–H groups in total. The lowest BCUT2D eigenvalue weighted by atomic mass is 9.96. The normalized spacial score (nSPS) is 17.6. The lowest BCUT2D eigenvalue weighted by molar-refractivity contribution is -0.120. The second-order valence-electron chi connectivity index (χ2n) is 8.61. The minimum atomic E-state index is -3.67. The van der Waals surface area contributed by atoms with Crippen molar-refractivity contribution >= 4 is 33.2 Å². The van der Waals surface area contributed by atoms with Gasteiger partial charge in [-0.2, -0.15) is 4.31 Å². The van der Waals surface area contributed by atoms with Crippen LogP contribution in [0.25, 0.3) is 0 Å². The predicted molar refractivity (Wildman–Crippen MR) is 128 cm³/mol. The van der Waals surface area contributed by atoms with Crippen molar-refractivity contribution in [2.24, 2.45) is 0 Å².